The number of rotatable bonds is 5. The van der Waals surface area contributed by atoms with Crippen LogP contribution in [0.1, 0.15) is 21.5 Å². The van der Waals surface area contributed by atoms with Gasteiger partial charge >= 0.3 is 5.97 Å². The minimum Gasteiger partial charge on any atom is -0.478 e. The summed E-state index contributed by atoms with van der Waals surface area (Å²) in [7, 11) is 1.96. The normalized spacial score (nSPS) is 13.4. The third-order valence-electron chi connectivity index (χ3n) is 4.62. The van der Waals surface area contributed by atoms with E-state index in [1.165, 1.54) is 16.9 Å². The summed E-state index contributed by atoms with van der Waals surface area (Å²) >= 11 is 1.44. The summed E-state index contributed by atoms with van der Waals surface area (Å²) in [5.74, 6) is -1.01. The van der Waals surface area contributed by atoms with Crippen molar-refractivity contribution < 1.29 is 9.90 Å². The number of anilines is 1. The molecule has 3 aromatic rings. The molecule has 7 heteroatoms. The van der Waals surface area contributed by atoms with Crippen LogP contribution in [0.2, 0.25) is 0 Å². The van der Waals surface area contributed by atoms with Crippen LogP contribution < -0.4 is 4.90 Å². The zero-order chi connectivity index (χ0) is 19.0. The molecule has 0 amide bonds. The molecule has 0 saturated heterocycles. The number of aromatic nitrogens is 1. The smallest absolute Gasteiger partial charge is 0.338 e. The first-order valence-electron chi connectivity index (χ1n) is 8.58. The first-order chi connectivity index (χ1) is 13.0. The molecule has 0 aliphatic carbocycles. The van der Waals surface area contributed by atoms with Gasteiger partial charge in [0, 0.05) is 19.3 Å². The van der Waals surface area contributed by atoms with Gasteiger partial charge in [0.15, 0.2) is 0 Å². The molecule has 1 aromatic heterocycles. The number of nitrogens with zero attached hydrogens (tertiary/aromatic N) is 4. The third kappa shape index (κ3) is 3.33. The molecule has 0 fully saturated rings. The fourth-order valence-corrected chi connectivity index (χ4v) is 4.08. The summed E-state index contributed by atoms with van der Waals surface area (Å²) in [5.41, 5.74) is 4.58. The maximum absolute atomic E-state index is 11.6. The van der Waals surface area contributed by atoms with Crippen LogP contribution in [0.15, 0.2) is 53.2 Å². The standard InChI is InChI=1S/C20H18N4O2S/c1-3-4-12-5-6-15-18(9-12)27-20(21-15)23-22-16-10-13-7-8-24(2)17(13)11-14(16)19(25)26/h3,5-6,9-11H,1,4,7-8H2,2H3,(H,25,26). The maximum Gasteiger partial charge on any atom is 0.338 e. The molecule has 0 unspecified atom stereocenters. The highest BCUT2D eigenvalue weighted by atomic mass is 32.1. The number of aromatic carboxylic acids is 1. The Labute approximate surface area is 160 Å². The van der Waals surface area contributed by atoms with E-state index >= 15 is 0 Å². The van der Waals surface area contributed by atoms with Crippen LogP contribution in [0, 0.1) is 0 Å². The predicted molar refractivity (Wildman–Crippen MR) is 108 cm³/mol. The zero-order valence-electron chi connectivity index (χ0n) is 14.8. The monoisotopic (exact) mass is 378 g/mol. The highest BCUT2D eigenvalue weighted by molar-refractivity contribution is 7.21. The Hall–Kier alpha value is -3.06. The van der Waals surface area contributed by atoms with Crippen LogP contribution in [-0.2, 0) is 12.8 Å². The third-order valence-corrected chi connectivity index (χ3v) is 5.52. The average molecular weight is 378 g/mol. The van der Waals surface area contributed by atoms with E-state index in [2.05, 4.69) is 32.8 Å². The molecule has 6 nitrogen and oxygen atoms in total. The summed E-state index contributed by atoms with van der Waals surface area (Å²) in [5, 5.41) is 18.5. The number of carbonyl (C=O) groups is 1. The Kier molecular flexibility index (Phi) is 4.45. The van der Waals surface area contributed by atoms with Gasteiger partial charge in [0.2, 0.25) is 5.13 Å². The number of hydrogen-bond acceptors (Lipinski definition) is 6. The highest BCUT2D eigenvalue weighted by Crippen LogP contribution is 2.35. The van der Waals surface area contributed by atoms with E-state index in [9.17, 15) is 9.90 Å². The number of thiazole rings is 1. The number of likely N-dealkylation sites (N-methyl/N-ethyl adjacent to an activating group) is 1. The summed E-state index contributed by atoms with van der Waals surface area (Å²) < 4.78 is 1.03. The van der Waals surface area contributed by atoms with Gasteiger partial charge in [-0.25, -0.2) is 9.78 Å². The Morgan fingerprint density at radius 2 is 2.22 bits per heavy atom. The maximum atomic E-state index is 11.6. The van der Waals surface area contributed by atoms with Crippen LogP contribution in [0.3, 0.4) is 0 Å². The molecule has 4 rings (SSSR count). The minimum absolute atomic E-state index is 0.153. The first-order valence-corrected chi connectivity index (χ1v) is 9.40. The van der Waals surface area contributed by atoms with Crippen molar-refractivity contribution in [2.24, 2.45) is 10.2 Å². The van der Waals surface area contributed by atoms with Crippen molar-refractivity contribution in [1.29, 1.82) is 0 Å². The fraction of sp³-hybridized carbons (Fsp3) is 0.200. The lowest BCUT2D eigenvalue weighted by atomic mass is 10.1. The van der Waals surface area contributed by atoms with Gasteiger partial charge in [-0.3, -0.25) is 0 Å². The summed E-state index contributed by atoms with van der Waals surface area (Å²) in [6.07, 6.45) is 3.54. The van der Waals surface area contributed by atoms with Crippen LogP contribution >= 0.6 is 11.3 Å². The van der Waals surface area contributed by atoms with E-state index in [1.54, 1.807) is 6.07 Å². The molecule has 0 atom stereocenters. The molecule has 0 saturated carbocycles. The SMILES string of the molecule is C=CCc1ccc2nc(N=Nc3cc4c(cc3C(=O)O)N(C)CC4)sc2c1. The van der Waals surface area contributed by atoms with Gasteiger partial charge in [-0.15, -0.1) is 16.8 Å². The van der Waals surface area contributed by atoms with Crippen molar-refractivity contribution in [3.8, 4) is 0 Å². The van der Waals surface area contributed by atoms with Crippen molar-refractivity contribution in [1.82, 2.24) is 4.98 Å². The van der Waals surface area contributed by atoms with Gasteiger partial charge in [-0.05, 0) is 48.2 Å². The minimum atomic E-state index is -1.01. The molecule has 1 aliphatic rings. The summed E-state index contributed by atoms with van der Waals surface area (Å²) in [6.45, 7) is 4.63. The van der Waals surface area contributed by atoms with Crippen molar-refractivity contribution in [2.75, 3.05) is 18.5 Å². The lowest BCUT2D eigenvalue weighted by molar-refractivity contribution is 0.0698. The molecular formula is C20H18N4O2S. The number of carboxylic acid groups (broad SMARTS) is 1. The molecule has 1 aliphatic heterocycles. The van der Waals surface area contributed by atoms with Crippen LogP contribution in [0.5, 0.6) is 0 Å². The molecule has 27 heavy (non-hydrogen) atoms. The number of benzene rings is 2. The van der Waals surface area contributed by atoms with Gasteiger partial charge in [0.05, 0.1) is 15.8 Å². The predicted octanol–water partition coefficient (Wildman–Crippen LogP) is 5.13. The Balaban J connectivity index is 1.69. The number of azo groups is 1. The zero-order valence-corrected chi connectivity index (χ0v) is 15.7. The van der Waals surface area contributed by atoms with Crippen molar-refractivity contribution in [3.05, 3.63) is 59.7 Å². The Bertz CT molecular complexity index is 1090. The molecule has 1 N–H and O–H groups in total. The second-order valence-corrected chi connectivity index (χ2v) is 7.48. The van der Waals surface area contributed by atoms with Gasteiger partial charge < -0.3 is 10.0 Å². The second kappa shape index (κ2) is 6.92. The van der Waals surface area contributed by atoms with Crippen molar-refractivity contribution in [3.63, 3.8) is 0 Å². The van der Waals surface area contributed by atoms with E-state index in [0.29, 0.717) is 10.8 Å². The highest BCUT2D eigenvalue weighted by Gasteiger charge is 2.21. The van der Waals surface area contributed by atoms with E-state index < -0.39 is 5.97 Å². The Morgan fingerprint density at radius 3 is 3.00 bits per heavy atom. The van der Waals surface area contributed by atoms with E-state index in [1.807, 2.05) is 31.3 Å². The van der Waals surface area contributed by atoms with E-state index in [4.69, 9.17) is 0 Å². The molecule has 136 valence electrons. The van der Waals surface area contributed by atoms with E-state index in [-0.39, 0.29) is 5.56 Å². The lowest BCUT2D eigenvalue weighted by Crippen LogP contribution is -2.13. The van der Waals surface area contributed by atoms with Crippen LogP contribution in [0.25, 0.3) is 10.2 Å². The summed E-state index contributed by atoms with van der Waals surface area (Å²) in [6, 6.07) is 9.55. The largest absolute Gasteiger partial charge is 0.478 e. The number of fused-ring (bicyclic) bond motifs is 2. The molecular weight excluding hydrogens is 360 g/mol. The quantitative estimate of drug-likeness (QED) is 0.493. The number of allylic oxidation sites excluding steroid dienone is 1. The van der Waals surface area contributed by atoms with Crippen LogP contribution in [0.4, 0.5) is 16.5 Å². The topological polar surface area (TPSA) is 78.1 Å². The average Bonchev–Trinajstić information content (AvgIpc) is 3.22. The van der Waals surface area contributed by atoms with Gasteiger partial charge in [-0.2, -0.15) is 0 Å². The summed E-state index contributed by atoms with van der Waals surface area (Å²) in [4.78, 5) is 18.2. The van der Waals surface area contributed by atoms with Crippen molar-refractivity contribution in [2.45, 2.75) is 12.8 Å². The fourth-order valence-electron chi connectivity index (χ4n) is 3.23. The van der Waals surface area contributed by atoms with Crippen molar-refractivity contribution >= 4 is 44.0 Å². The molecule has 0 bridgehead atoms. The van der Waals surface area contributed by atoms with E-state index in [0.717, 1.165) is 40.9 Å². The Morgan fingerprint density at radius 1 is 1.37 bits per heavy atom. The van der Waals surface area contributed by atoms with Crippen LogP contribution in [-0.4, -0.2) is 29.7 Å². The molecule has 0 spiro atoms. The molecule has 0 radical (unpaired) electrons. The molecule has 2 aromatic carbocycles. The number of hydrogen-bond donors (Lipinski definition) is 1. The second-order valence-electron chi connectivity index (χ2n) is 6.47. The molecule has 2 heterocycles. The van der Waals surface area contributed by atoms with Gasteiger partial charge in [0.25, 0.3) is 0 Å². The lowest BCUT2D eigenvalue weighted by Gasteiger charge is -2.12. The number of carboxylic acids is 1. The van der Waals surface area contributed by atoms with Gasteiger partial charge in [-0.1, -0.05) is 23.5 Å². The first kappa shape index (κ1) is 17.4. The van der Waals surface area contributed by atoms with Gasteiger partial charge in [0.1, 0.15) is 5.69 Å².